The number of benzene rings is 1. The van der Waals surface area contributed by atoms with E-state index in [0.717, 1.165) is 6.42 Å². The van der Waals surface area contributed by atoms with Gasteiger partial charge in [-0.15, -0.1) is 0 Å². The number of nitrogens with two attached hydrogens (primary N) is 1. The van der Waals surface area contributed by atoms with E-state index in [1.54, 1.807) is 33.8 Å². The van der Waals surface area contributed by atoms with Crippen LogP contribution >= 0.6 is 0 Å². The fourth-order valence-corrected chi connectivity index (χ4v) is 3.19. The molecule has 1 rings (SSSR count). The standard InChI is InChI=1S/C25H37NO9/c1-7-14(4)13-32-25(31)33-16(6)15(5)22(23(26)24(29)30)17-10-11-18(34-20(27)8-2)19(12-17)35-21(28)9-3/h10-12,14-16,22-23H,7-9,13,26H2,1-6H3,(H,29,30)/t14?,15?,16?,22?,23-/m0/s1. The van der Waals surface area contributed by atoms with Gasteiger partial charge in [-0.05, 0) is 30.5 Å². The first-order valence-electron chi connectivity index (χ1n) is 11.8. The van der Waals surface area contributed by atoms with Crippen molar-refractivity contribution in [3.8, 4) is 11.5 Å². The SMILES string of the molecule is CCC(=O)Oc1ccc(C(C(C)C(C)OC(=O)OCC(C)CC)[C@H](N)C(=O)O)cc1OC(=O)CC. The number of carboxylic acids is 1. The highest BCUT2D eigenvalue weighted by Gasteiger charge is 2.36. The molecular weight excluding hydrogens is 458 g/mol. The van der Waals surface area contributed by atoms with Crippen molar-refractivity contribution in [2.75, 3.05) is 6.61 Å². The second-order valence-electron chi connectivity index (χ2n) is 8.51. The van der Waals surface area contributed by atoms with Gasteiger partial charge in [-0.25, -0.2) is 4.79 Å². The topological polar surface area (TPSA) is 151 Å². The van der Waals surface area contributed by atoms with Crippen molar-refractivity contribution in [2.45, 2.75) is 78.9 Å². The number of aliphatic carboxylic acids is 1. The zero-order valence-electron chi connectivity index (χ0n) is 21.2. The Morgan fingerprint density at radius 3 is 2.03 bits per heavy atom. The van der Waals surface area contributed by atoms with Crippen LogP contribution in [0.3, 0.4) is 0 Å². The third kappa shape index (κ3) is 9.20. The van der Waals surface area contributed by atoms with Gasteiger partial charge in [-0.1, -0.05) is 47.1 Å². The van der Waals surface area contributed by atoms with E-state index in [4.69, 9.17) is 24.7 Å². The largest absolute Gasteiger partial charge is 0.508 e. The Balaban J connectivity index is 3.29. The van der Waals surface area contributed by atoms with Gasteiger partial charge in [0.25, 0.3) is 0 Å². The predicted octanol–water partition coefficient (Wildman–Crippen LogP) is 4.04. The zero-order chi connectivity index (χ0) is 26.7. The molecule has 0 radical (unpaired) electrons. The highest BCUT2D eigenvalue weighted by atomic mass is 16.7. The lowest BCUT2D eigenvalue weighted by molar-refractivity contribution is -0.140. The second kappa shape index (κ2) is 14.3. The lowest BCUT2D eigenvalue weighted by atomic mass is 9.79. The van der Waals surface area contributed by atoms with E-state index in [9.17, 15) is 24.3 Å². The molecule has 3 N–H and O–H groups in total. The Labute approximate surface area is 206 Å². The van der Waals surface area contributed by atoms with E-state index in [0.29, 0.717) is 5.56 Å². The summed E-state index contributed by atoms with van der Waals surface area (Å²) in [5, 5.41) is 9.64. The van der Waals surface area contributed by atoms with Crippen molar-refractivity contribution >= 4 is 24.1 Å². The van der Waals surface area contributed by atoms with Gasteiger partial charge in [-0.3, -0.25) is 14.4 Å². The van der Waals surface area contributed by atoms with Crippen LogP contribution in [-0.2, 0) is 23.9 Å². The van der Waals surface area contributed by atoms with E-state index in [2.05, 4.69) is 0 Å². The quantitative estimate of drug-likeness (QED) is 0.303. The van der Waals surface area contributed by atoms with Crippen LogP contribution in [0.25, 0.3) is 0 Å². The molecule has 196 valence electrons. The minimum atomic E-state index is -1.37. The third-order valence-corrected chi connectivity index (χ3v) is 5.82. The molecule has 0 saturated carbocycles. The van der Waals surface area contributed by atoms with Crippen LogP contribution in [0.15, 0.2) is 18.2 Å². The Morgan fingerprint density at radius 2 is 1.51 bits per heavy atom. The molecule has 0 aliphatic rings. The number of ether oxygens (including phenoxy) is 4. The van der Waals surface area contributed by atoms with E-state index < -0.39 is 48.0 Å². The van der Waals surface area contributed by atoms with Gasteiger partial charge >= 0.3 is 24.1 Å². The number of rotatable bonds is 13. The lowest BCUT2D eigenvalue weighted by Crippen LogP contribution is -2.42. The average Bonchev–Trinajstić information content (AvgIpc) is 2.83. The van der Waals surface area contributed by atoms with Crippen molar-refractivity contribution < 1.29 is 43.2 Å². The molecule has 10 heteroatoms. The molecule has 0 bridgehead atoms. The zero-order valence-corrected chi connectivity index (χ0v) is 21.2. The number of carbonyl (C=O) groups is 4. The van der Waals surface area contributed by atoms with Crippen LogP contribution in [0, 0.1) is 11.8 Å². The summed E-state index contributed by atoms with van der Waals surface area (Å²) in [5.41, 5.74) is 6.44. The minimum Gasteiger partial charge on any atom is -0.480 e. The molecule has 10 nitrogen and oxygen atoms in total. The van der Waals surface area contributed by atoms with Crippen LogP contribution in [-0.4, -0.2) is 47.9 Å². The molecule has 0 aliphatic heterocycles. The van der Waals surface area contributed by atoms with Gasteiger partial charge in [0.1, 0.15) is 12.1 Å². The van der Waals surface area contributed by atoms with Crippen LogP contribution < -0.4 is 15.2 Å². The first kappa shape index (κ1) is 29.9. The van der Waals surface area contributed by atoms with Crippen molar-refractivity contribution in [1.29, 1.82) is 0 Å². The van der Waals surface area contributed by atoms with Crippen LogP contribution in [0.1, 0.15) is 72.3 Å². The fourth-order valence-electron chi connectivity index (χ4n) is 3.19. The summed E-state index contributed by atoms with van der Waals surface area (Å²) in [6.45, 7) is 10.7. The number of hydrogen-bond donors (Lipinski definition) is 2. The fraction of sp³-hybridized carbons (Fsp3) is 0.600. The smallest absolute Gasteiger partial charge is 0.480 e. The molecule has 0 aliphatic carbocycles. The van der Waals surface area contributed by atoms with Gasteiger partial charge in [0, 0.05) is 24.7 Å². The van der Waals surface area contributed by atoms with E-state index >= 15 is 0 Å². The van der Waals surface area contributed by atoms with Crippen molar-refractivity contribution in [3.63, 3.8) is 0 Å². The van der Waals surface area contributed by atoms with Gasteiger partial charge in [0.05, 0.1) is 6.61 Å². The predicted molar refractivity (Wildman–Crippen MR) is 127 cm³/mol. The minimum absolute atomic E-state index is 0.0237. The normalized spacial score (nSPS) is 15.2. The van der Waals surface area contributed by atoms with E-state index in [1.165, 1.54) is 12.1 Å². The number of hydrogen-bond acceptors (Lipinski definition) is 9. The Bertz CT molecular complexity index is 886. The average molecular weight is 496 g/mol. The molecule has 0 aromatic heterocycles. The molecule has 0 fully saturated rings. The number of carboxylic acid groups (broad SMARTS) is 1. The van der Waals surface area contributed by atoms with Gasteiger partial charge in [-0.2, -0.15) is 0 Å². The third-order valence-electron chi connectivity index (χ3n) is 5.82. The van der Waals surface area contributed by atoms with E-state index in [-0.39, 0.29) is 36.9 Å². The molecule has 1 aromatic rings. The summed E-state index contributed by atoms with van der Waals surface area (Å²) in [6.07, 6.45) is -0.595. The Hall–Kier alpha value is -3.14. The Morgan fingerprint density at radius 1 is 0.943 bits per heavy atom. The van der Waals surface area contributed by atoms with Crippen molar-refractivity contribution in [2.24, 2.45) is 17.6 Å². The molecular formula is C25H37NO9. The summed E-state index contributed by atoms with van der Waals surface area (Å²) in [5.74, 6) is -3.62. The van der Waals surface area contributed by atoms with E-state index in [1.807, 2.05) is 13.8 Å². The van der Waals surface area contributed by atoms with Crippen molar-refractivity contribution in [3.05, 3.63) is 23.8 Å². The lowest BCUT2D eigenvalue weighted by Gasteiger charge is -2.31. The van der Waals surface area contributed by atoms with Gasteiger partial charge < -0.3 is 29.8 Å². The molecule has 1 aromatic carbocycles. The first-order valence-corrected chi connectivity index (χ1v) is 11.8. The summed E-state index contributed by atoms with van der Waals surface area (Å²) in [4.78, 5) is 47.7. The summed E-state index contributed by atoms with van der Waals surface area (Å²) >= 11 is 0. The number of esters is 2. The maximum absolute atomic E-state index is 12.1. The van der Waals surface area contributed by atoms with Crippen LogP contribution in [0.5, 0.6) is 11.5 Å². The Kier molecular flexibility index (Phi) is 12.2. The highest BCUT2D eigenvalue weighted by molar-refractivity contribution is 5.77. The maximum atomic E-state index is 12.1. The number of carbonyl (C=O) groups excluding carboxylic acids is 3. The monoisotopic (exact) mass is 495 g/mol. The summed E-state index contributed by atoms with van der Waals surface area (Å²) < 4.78 is 21.1. The highest BCUT2D eigenvalue weighted by Crippen LogP contribution is 2.37. The summed E-state index contributed by atoms with van der Waals surface area (Å²) in [6, 6.07) is 3.01. The molecule has 0 spiro atoms. The second-order valence-corrected chi connectivity index (χ2v) is 8.51. The van der Waals surface area contributed by atoms with Gasteiger partial charge in [0.15, 0.2) is 11.5 Å². The first-order chi connectivity index (χ1) is 16.4. The molecule has 0 heterocycles. The van der Waals surface area contributed by atoms with Crippen LogP contribution in [0.2, 0.25) is 0 Å². The van der Waals surface area contributed by atoms with Gasteiger partial charge in [0.2, 0.25) is 0 Å². The molecule has 35 heavy (non-hydrogen) atoms. The maximum Gasteiger partial charge on any atom is 0.508 e. The molecule has 5 atom stereocenters. The summed E-state index contributed by atoms with van der Waals surface area (Å²) in [7, 11) is 0. The molecule has 4 unspecified atom stereocenters. The molecule has 0 saturated heterocycles. The van der Waals surface area contributed by atoms with Crippen LogP contribution in [0.4, 0.5) is 4.79 Å². The molecule has 0 amide bonds. The van der Waals surface area contributed by atoms with Crippen molar-refractivity contribution in [1.82, 2.24) is 0 Å².